The minimum Gasteiger partial charge on any atom is -0.444 e. The molecule has 1 amide bonds. The number of alkyl carbamates (subject to hydrolysis) is 1. The molecule has 18 heavy (non-hydrogen) atoms. The van der Waals surface area contributed by atoms with Crippen LogP contribution in [-0.2, 0) is 4.74 Å². The molecule has 0 fully saturated rings. The number of nitrogens with one attached hydrogen (secondary N) is 1. The Morgan fingerprint density at radius 3 is 2.61 bits per heavy atom. The minimum atomic E-state index is -0.799. The standard InChI is InChI=1S/C12H14FN3O2/c1-12(2,3)18-11(17)14-6-4-5-9-7-15-10(13)16-8-9/h7-8H,6H2,1-3H3,(H,14,17). The quantitative estimate of drug-likeness (QED) is 0.606. The molecule has 0 atom stereocenters. The molecule has 0 aromatic carbocycles. The Morgan fingerprint density at radius 1 is 1.44 bits per heavy atom. The number of carbonyl (C=O) groups is 1. The van der Waals surface area contributed by atoms with Gasteiger partial charge in [0.2, 0.25) is 0 Å². The lowest BCUT2D eigenvalue weighted by Crippen LogP contribution is -2.32. The van der Waals surface area contributed by atoms with Crippen LogP contribution in [0.15, 0.2) is 12.4 Å². The summed E-state index contributed by atoms with van der Waals surface area (Å²) in [6.07, 6.45) is 1.20. The number of amides is 1. The zero-order valence-electron chi connectivity index (χ0n) is 10.5. The highest BCUT2D eigenvalue weighted by Gasteiger charge is 2.14. The Hall–Kier alpha value is -2.16. The zero-order chi connectivity index (χ0) is 13.6. The molecule has 1 heterocycles. The van der Waals surface area contributed by atoms with E-state index < -0.39 is 17.8 Å². The second-order valence-electron chi connectivity index (χ2n) is 4.40. The third-order valence-electron chi connectivity index (χ3n) is 1.57. The van der Waals surface area contributed by atoms with Crippen molar-refractivity contribution in [2.24, 2.45) is 0 Å². The first-order valence-corrected chi connectivity index (χ1v) is 5.30. The van der Waals surface area contributed by atoms with Crippen molar-refractivity contribution < 1.29 is 13.9 Å². The molecule has 96 valence electrons. The Balaban J connectivity index is 2.38. The Morgan fingerprint density at radius 2 is 2.06 bits per heavy atom. The van der Waals surface area contributed by atoms with Gasteiger partial charge in [-0.3, -0.25) is 0 Å². The van der Waals surface area contributed by atoms with Crippen LogP contribution in [0.5, 0.6) is 0 Å². The molecule has 1 rings (SSSR count). The molecule has 6 heteroatoms. The van der Waals surface area contributed by atoms with Gasteiger partial charge in [0.25, 0.3) is 0 Å². The number of hydrogen-bond acceptors (Lipinski definition) is 4. The molecule has 0 radical (unpaired) electrons. The highest BCUT2D eigenvalue weighted by atomic mass is 19.1. The summed E-state index contributed by atoms with van der Waals surface area (Å²) in [5.41, 5.74) is -0.0649. The van der Waals surface area contributed by atoms with Gasteiger partial charge in [0.1, 0.15) is 5.60 Å². The van der Waals surface area contributed by atoms with E-state index in [1.165, 1.54) is 12.4 Å². The molecule has 0 spiro atoms. The van der Waals surface area contributed by atoms with Crippen molar-refractivity contribution in [3.63, 3.8) is 0 Å². The third-order valence-corrected chi connectivity index (χ3v) is 1.57. The number of halogens is 1. The molecule has 0 aliphatic rings. The molecule has 0 unspecified atom stereocenters. The van der Waals surface area contributed by atoms with Crippen LogP contribution in [-0.4, -0.2) is 28.2 Å². The molecule has 1 N–H and O–H groups in total. The predicted octanol–water partition coefficient (Wildman–Crippen LogP) is 1.49. The summed E-state index contributed by atoms with van der Waals surface area (Å²) in [4.78, 5) is 17.9. The molecule has 0 aliphatic heterocycles. The van der Waals surface area contributed by atoms with Crippen molar-refractivity contribution >= 4 is 6.09 Å². The number of rotatable bonds is 1. The fourth-order valence-corrected chi connectivity index (χ4v) is 0.954. The number of hydrogen-bond donors (Lipinski definition) is 1. The van der Waals surface area contributed by atoms with Gasteiger partial charge < -0.3 is 10.1 Å². The normalized spacial score (nSPS) is 10.2. The van der Waals surface area contributed by atoms with Crippen molar-refractivity contribution in [1.29, 1.82) is 0 Å². The van der Waals surface area contributed by atoms with Crippen molar-refractivity contribution in [1.82, 2.24) is 15.3 Å². The second kappa shape index (κ2) is 5.96. The Bertz CT molecular complexity index is 469. The van der Waals surface area contributed by atoms with Gasteiger partial charge in [-0.15, -0.1) is 0 Å². The molecule has 0 bridgehead atoms. The average Bonchev–Trinajstić information content (AvgIpc) is 2.24. The van der Waals surface area contributed by atoms with Crippen LogP contribution in [0.4, 0.5) is 9.18 Å². The Kier molecular flexibility index (Phi) is 4.60. The SMILES string of the molecule is CC(C)(C)OC(=O)NCC#Cc1cnc(F)nc1. The lowest BCUT2D eigenvalue weighted by molar-refractivity contribution is 0.0535. The predicted molar refractivity (Wildman–Crippen MR) is 63.1 cm³/mol. The fourth-order valence-electron chi connectivity index (χ4n) is 0.954. The van der Waals surface area contributed by atoms with Gasteiger partial charge in [-0.2, -0.15) is 4.39 Å². The van der Waals surface area contributed by atoms with Crippen LogP contribution in [0.3, 0.4) is 0 Å². The van der Waals surface area contributed by atoms with Gasteiger partial charge in [-0.1, -0.05) is 11.8 Å². The molecule has 0 saturated carbocycles. The summed E-state index contributed by atoms with van der Waals surface area (Å²) in [6, 6.07) is 0. The molecule has 1 aromatic heterocycles. The van der Waals surface area contributed by atoms with E-state index in [1.54, 1.807) is 20.8 Å². The number of nitrogens with zero attached hydrogens (tertiary/aromatic N) is 2. The van der Waals surface area contributed by atoms with E-state index >= 15 is 0 Å². The topological polar surface area (TPSA) is 64.1 Å². The lowest BCUT2D eigenvalue weighted by atomic mass is 10.2. The molecular weight excluding hydrogens is 237 g/mol. The van der Waals surface area contributed by atoms with Gasteiger partial charge in [0.05, 0.1) is 12.1 Å². The van der Waals surface area contributed by atoms with Crippen LogP contribution >= 0.6 is 0 Å². The first-order chi connectivity index (χ1) is 8.37. The molecule has 0 aliphatic carbocycles. The maximum atomic E-state index is 12.4. The molecular formula is C12H14FN3O2. The van der Waals surface area contributed by atoms with Crippen molar-refractivity contribution in [2.45, 2.75) is 26.4 Å². The van der Waals surface area contributed by atoms with Gasteiger partial charge in [-0.05, 0) is 20.8 Å². The van der Waals surface area contributed by atoms with Gasteiger partial charge in [-0.25, -0.2) is 14.8 Å². The van der Waals surface area contributed by atoms with Gasteiger partial charge in [0.15, 0.2) is 0 Å². The highest BCUT2D eigenvalue weighted by Crippen LogP contribution is 2.05. The van der Waals surface area contributed by atoms with Crippen LogP contribution < -0.4 is 5.32 Å². The zero-order valence-corrected chi connectivity index (χ0v) is 10.5. The van der Waals surface area contributed by atoms with Crippen molar-refractivity contribution in [3.8, 4) is 11.8 Å². The van der Waals surface area contributed by atoms with Crippen molar-refractivity contribution in [2.75, 3.05) is 6.54 Å². The van der Waals surface area contributed by atoms with Crippen LogP contribution in [0.2, 0.25) is 0 Å². The molecule has 0 saturated heterocycles. The van der Waals surface area contributed by atoms with E-state index in [9.17, 15) is 9.18 Å². The summed E-state index contributed by atoms with van der Waals surface area (Å²) < 4.78 is 17.4. The van der Waals surface area contributed by atoms with Crippen LogP contribution in [0, 0.1) is 17.9 Å². The lowest BCUT2D eigenvalue weighted by Gasteiger charge is -2.18. The van der Waals surface area contributed by atoms with E-state index in [0.29, 0.717) is 5.56 Å². The second-order valence-corrected chi connectivity index (χ2v) is 4.40. The van der Waals surface area contributed by atoms with Crippen molar-refractivity contribution in [3.05, 3.63) is 24.0 Å². The summed E-state index contributed by atoms with van der Waals surface area (Å²) >= 11 is 0. The average molecular weight is 251 g/mol. The van der Waals surface area contributed by atoms with Crippen LogP contribution in [0.1, 0.15) is 26.3 Å². The van der Waals surface area contributed by atoms with Gasteiger partial charge in [0, 0.05) is 12.4 Å². The van der Waals surface area contributed by atoms with E-state index in [-0.39, 0.29) is 6.54 Å². The molecule has 5 nitrogen and oxygen atoms in total. The fraction of sp³-hybridized carbons (Fsp3) is 0.417. The number of aromatic nitrogens is 2. The monoisotopic (exact) mass is 251 g/mol. The minimum absolute atomic E-state index is 0.131. The van der Waals surface area contributed by atoms with E-state index in [4.69, 9.17) is 4.74 Å². The van der Waals surface area contributed by atoms with Gasteiger partial charge >= 0.3 is 12.2 Å². The summed E-state index contributed by atoms with van der Waals surface area (Å²) in [6.45, 7) is 5.45. The molecule has 1 aromatic rings. The van der Waals surface area contributed by atoms with E-state index in [0.717, 1.165) is 0 Å². The largest absolute Gasteiger partial charge is 0.444 e. The summed E-state index contributed by atoms with van der Waals surface area (Å²) in [5, 5.41) is 2.47. The maximum absolute atomic E-state index is 12.4. The third kappa shape index (κ3) is 5.80. The first kappa shape index (κ1) is 13.9. The van der Waals surface area contributed by atoms with E-state index in [2.05, 4.69) is 27.1 Å². The Labute approximate surface area is 105 Å². The summed E-state index contributed by atoms with van der Waals surface area (Å²) in [7, 11) is 0. The van der Waals surface area contributed by atoms with E-state index in [1.807, 2.05) is 0 Å². The smallest absolute Gasteiger partial charge is 0.408 e. The highest BCUT2D eigenvalue weighted by molar-refractivity contribution is 5.68. The maximum Gasteiger partial charge on any atom is 0.408 e. The first-order valence-electron chi connectivity index (χ1n) is 5.30. The number of carbonyl (C=O) groups excluding carboxylic acids is 1. The van der Waals surface area contributed by atoms with Crippen LogP contribution in [0.25, 0.3) is 0 Å². The number of ether oxygens (including phenoxy) is 1. The summed E-state index contributed by atoms with van der Waals surface area (Å²) in [5.74, 6) is 5.35.